The van der Waals surface area contributed by atoms with E-state index in [1.165, 1.54) is 30.7 Å². The molecule has 0 saturated heterocycles. The number of carbonyl (C=O) groups is 2. The molecule has 2 heterocycles. The van der Waals surface area contributed by atoms with Gasteiger partial charge in [-0.2, -0.15) is 0 Å². The number of aromatic carboxylic acids is 1. The second kappa shape index (κ2) is 5.01. The highest BCUT2D eigenvalue weighted by molar-refractivity contribution is 9.10. The largest absolute Gasteiger partial charge is 0.477 e. The minimum Gasteiger partial charge on any atom is -0.477 e. The second-order valence-electron chi connectivity index (χ2n) is 3.30. The van der Waals surface area contributed by atoms with Gasteiger partial charge in [-0.05, 0) is 34.1 Å². The molecule has 7 heteroatoms. The van der Waals surface area contributed by atoms with Gasteiger partial charge in [0.25, 0.3) is 5.91 Å². The van der Waals surface area contributed by atoms with Crippen LogP contribution < -0.4 is 5.32 Å². The van der Waals surface area contributed by atoms with Gasteiger partial charge in [-0.25, -0.2) is 9.78 Å². The molecule has 0 aromatic carbocycles. The maximum atomic E-state index is 11.8. The molecule has 0 spiro atoms. The third-order valence-corrected chi connectivity index (χ3v) is 2.72. The molecule has 92 valence electrons. The molecule has 0 unspecified atom stereocenters. The van der Waals surface area contributed by atoms with Crippen LogP contribution in [0.4, 0.5) is 5.69 Å². The van der Waals surface area contributed by atoms with Crippen molar-refractivity contribution < 1.29 is 19.1 Å². The topological polar surface area (TPSA) is 92.4 Å². The minimum absolute atomic E-state index is 0.0857. The van der Waals surface area contributed by atoms with E-state index in [1.807, 2.05) is 0 Å². The normalized spacial score (nSPS) is 10.1. The number of rotatable bonds is 3. The summed E-state index contributed by atoms with van der Waals surface area (Å²) in [6.07, 6.45) is 2.65. The molecular weight excluding hydrogens is 304 g/mol. The van der Waals surface area contributed by atoms with Crippen LogP contribution in [0.1, 0.15) is 20.8 Å². The van der Waals surface area contributed by atoms with Gasteiger partial charge < -0.3 is 14.8 Å². The number of aromatic nitrogens is 1. The zero-order valence-corrected chi connectivity index (χ0v) is 10.5. The number of nitrogens with zero attached hydrogens (tertiary/aromatic N) is 1. The number of halogens is 1. The third kappa shape index (κ3) is 2.57. The van der Waals surface area contributed by atoms with E-state index < -0.39 is 5.97 Å². The van der Waals surface area contributed by atoms with Crippen molar-refractivity contribution in [2.45, 2.75) is 0 Å². The predicted molar refractivity (Wildman–Crippen MR) is 65.6 cm³/mol. The lowest BCUT2D eigenvalue weighted by Gasteiger charge is -2.03. The lowest BCUT2D eigenvalue weighted by Crippen LogP contribution is -2.12. The fourth-order valence-corrected chi connectivity index (χ4v) is 1.67. The summed E-state index contributed by atoms with van der Waals surface area (Å²) in [5, 5.41) is 11.2. The predicted octanol–water partition coefficient (Wildman–Crippen LogP) is 2.39. The van der Waals surface area contributed by atoms with Crippen LogP contribution in [0.25, 0.3) is 0 Å². The highest BCUT2D eigenvalue weighted by Crippen LogP contribution is 2.19. The van der Waals surface area contributed by atoms with Crippen LogP contribution in [0.5, 0.6) is 0 Å². The third-order valence-electron chi connectivity index (χ3n) is 2.10. The van der Waals surface area contributed by atoms with Gasteiger partial charge in [0, 0.05) is 0 Å². The summed E-state index contributed by atoms with van der Waals surface area (Å²) in [5.41, 5.74) is 0.660. The van der Waals surface area contributed by atoms with Crippen molar-refractivity contribution in [1.29, 1.82) is 0 Å². The van der Waals surface area contributed by atoms with Gasteiger partial charge in [-0.1, -0.05) is 0 Å². The number of carboxylic acids is 1. The molecule has 0 aliphatic rings. The standard InChI is InChI=1S/C11H7BrN2O4/c12-9-7(3-4-18-9)10(15)14-6-1-2-8(11(16)17)13-5-6/h1-5H,(H,14,15)(H,16,17). The van der Waals surface area contributed by atoms with Crippen molar-refractivity contribution in [2.75, 3.05) is 5.32 Å². The number of hydrogen-bond acceptors (Lipinski definition) is 4. The highest BCUT2D eigenvalue weighted by atomic mass is 79.9. The lowest BCUT2D eigenvalue weighted by atomic mass is 10.3. The SMILES string of the molecule is O=C(O)c1ccc(NC(=O)c2ccoc2Br)cn1. The Labute approximate surface area is 110 Å². The van der Waals surface area contributed by atoms with Gasteiger partial charge in [0.05, 0.1) is 23.7 Å². The van der Waals surface area contributed by atoms with Crippen molar-refractivity contribution in [1.82, 2.24) is 4.98 Å². The molecule has 6 nitrogen and oxygen atoms in total. The Morgan fingerprint density at radius 3 is 2.61 bits per heavy atom. The van der Waals surface area contributed by atoms with Crippen molar-refractivity contribution in [3.8, 4) is 0 Å². The number of hydrogen-bond donors (Lipinski definition) is 2. The van der Waals surface area contributed by atoms with E-state index in [1.54, 1.807) is 0 Å². The number of amides is 1. The Hall–Kier alpha value is -2.15. The molecular formula is C11H7BrN2O4. The number of nitrogens with one attached hydrogen (secondary N) is 1. The molecule has 0 fully saturated rings. The first-order chi connectivity index (χ1) is 8.58. The molecule has 0 bridgehead atoms. The molecule has 18 heavy (non-hydrogen) atoms. The molecule has 2 aromatic rings. The molecule has 1 amide bonds. The average Bonchev–Trinajstić information content (AvgIpc) is 2.76. The molecule has 0 radical (unpaired) electrons. The number of furan rings is 1. The van der Waals surface area contributed by atoms with E-state index in [2.05, 4.69) is 26.2 Å². The zero-order valence-electron chi connectivity index (χ0n) is 8.88. The Kier molecular flexibility index (Phi) is 3.42. The molecule has 2 rings (SSSR count). The van der Waals surface area contributed by atoms with Crippen molar-refractivity contribution in [2.24, 2.45) is 0 Å². The van der Waals surface area contributed by atoms with Crippen molar-refractivity contribution in [3.63, 3.8) is 0 Å². The molecule has 0 aliphatic heterocycles. The number of pyridine rings is 1. The van der Waals surface area contributed by atoms with Crippen LogP contribution in [0.15, 0.2) is 39.7 Å². The van der Waals surface area contributed by atoms with Crippen LogP contribution in [0, 0.1) is 0 Å². The van der Waals surface area contributed by atoms with Gasteiger partial charge in [0.1, 0.15) is 5.69 Å². The number of anilines is 1. The first-order valence-corrected chi connectivity index (χ1v) is 5.61. The molecule has 0 saturated carbocycles. The summed E-state index contributed by atoms with van der Waals surface area (Å²) in [5.74, 6) is -1.49. The number of carbonyl (C=O) groups excluding carboxylic acids is 1. The molecule has 0 aliphatic carbocycles. The van der Waals surface area contributed by atoms with Gasteiger partial charge >= 0.3 is 5.97 Å². The summed E-state index contributed by atoms with van der Waals surface area (Å²) < 4.78 is 5.27. The molecule has 0 atom stereocenters. The average molecular weight is 311 g/mol. The smallest absolute Gasteiger partial charge is 0.354 e. The summed E-state index contributed by atoms with van der Waals surface area (Å²) in [7, 11) is 0. The van der Waals surface area contributed by atoms with E-state index in [4.69, 9.17) is 9.52 Å². The Morgan fingerprint density at radius 1 is 1.33 bits per heavy atom. The van der Waals surface area contributed by atoms with E-state index >= 15 is 0 Å². The fourth-order valence-electron chi connectivity index (χ4n) is 1.25. The van der Waals surface area contributed by atoms with E-state index in [0.717, 1.165) is 0 Å². The summed E-state index contributed by atoms with van der Waals surface area (Å²) in [4.78, 5) is 26.1. The maximum Gasteiger partial charge on any atom is 0.354 e. The quantitative estimate of drug-likeness (QED) is 0.908. The van der Waals surface area contributed by atoms with Crippen LogP contribution in [0.3, 0.4) is 0 Å². The first-order valence-electron chi connectivity index (χ1n) is 4.81. The van der Waals surface area contributed by atoms with Crippen LogP contribution >= 0.6 is 15.9 Å². The first kappa shape index (κ1) is 12.3. The van der Waals surface area contributed by atoms with Crippen molar-refractivity contribution >= 4 is 33.5 Å². The zero-order chi connectivity index (χ0) is 13.1. The van der Waals surface area contributed by atoms with Gasteiger partial charge in [0.15, 0.2) is 4.67 Å². The summed E-state index contributed by atoms with van der Waals surface area (Å²) >= 11 is 3.09. The Bertz CT molecular complexity index is 591. The van der Waals surface area contributed by atoms with Crippen molar-refractivity contribution in [3.05, 3.63) is 46.6 Å². The maximum absolute atomic E-state index is 11.8. The molecule has 2 N–H and O–H groups in total. The fraction of sp³-hybridized carbons (Fsp3) is 0. The summed E-state index contributed by atoms with van der Waals surface area (Å²) in [6.45, 7) is 0. The Balaban J connectivity index is 2.13. The van der Waals surface area contributed by atoms with E-state index in [9.17, 15) is 9.59 Å². The second-order valence-corrected chi connectivity index (χ2v) is 4.02. The Morgan fingerprint density at radius 2 is 2.11 bits per heavy atom. The highest BCUT2D eigenvalue weighted by Gasteiger charge is 2.13. The number of carboxylic acid groups (broad SMARTS) is 1. The van der Waals surface area contributed by atoms with Gasteiger partial charge in [-0.3, -0.25) is 4.79 Å². The minimum atomic E-state index is -1.12. The monoisotopic (exact) mass is 310 g/mol. The van der Waals surface area contributed by atoms with Gasteiger partial charge in [-0.15, -0.1) is 0 Å². The van der Waals surface area contributed by atoms with E-state index in [0.29, 0.717) is 15.9 Å². The van der Waals surface area contributed by atoms with Crippen LogP contribution in [-0.4, -0.2) is 22.0 Å². The lowest BCUT2D eigenvalue weighted by molar-refractivity contribution is 0.0690. The van der Waals surface area contributed by atoms with Crippen LogP contribution in [0.2, 0.25) is 0 Å². The van der Waals surface area contributed by atoms with Crippen LogP contribution in [-0.2, 0) is 0 Å². The summed E-state index contributed by atoms with van der Waals surface area (Å²) in [6, 6.07) is 4.28. The van der Waals surface area contributed by atoms with Gasteiger partial charge in [0.2, 0.25) is 0 Å². The van der Waals surface area contributed by atoms with E-state index in [-0.39, 0.29) is 11.6 Å². The molecule has 2 aromatic heterocycles.